The van der Waals surface area contributed by atoms with Gasteiger partial charge in [0, 0.05) is 16.5 Å². The molecule has 0 radical (unpaired) electrons. The number of carbonyl (C=O) groups excluding carboxylic acids is 2. The van der Waals surface area contributed by atoms with E-state index in [9.17, 15) is 19.5 Å². The Morgan fingerprint density at radius 3 is 2.29 bits per heavy atom. The van der Waals surface area contributed by atoms with Gasteiger partial charge in [-0.25, -0.2) is 9.59 Å². The summed E-state index contributed by atoms with van der Waals surface area (Å²) in [6, 6.07) is 22.8. The second-order valence-corrected chi connectivity index (χ2v) is 8.93. The summed E-state index contributed by atoms with van der Waals surface area (Å²) in [4.78, 5) is 37.5. The zero-order valence-electron chi connectivity index (χ0n) is 21.1. The van der Waals surface area contributed by atoms with Gasteiger partial charge in [-0.15, -0.1) is 0 Å². The number of esters is 1. The van der Waals surface area contributed by atoms with Gasteiger partial charge in [-0.1, -0.05) is 48.5 Å². The molecule has 1 aliphatic heterocycles. The molecule has 2 heterocycles. The number of hydrogen-bond donors (Lipinski definition) is 1. The van der Waals surface area contributed by atoms with Crippen molar-refractivity contribution < 1.29 is 24.2 Å². The lowest BCUT2D eigenvalue weighted by Crippen LogP contribution is -2.21. The molecule has 0 aliphatic carbocycles. The number of benzene rings is 3. The number of carboxylic acids is 1. The lowest BCUT2D eigenvalue weighted by Gasteiger charge is -2.17. The number of carbonyl (C=O) groups is 3. The standard InChI is InChI=1S/C30H25N3O5/c1-18-24(28(34)33(31-18)22-15-13-21(14-16-22)29(35)36)17-25-23-11-7-8-12-26(23)32(19(2)30(37)38-3)27(25)20-9-5-4-6-10-20/h4-17,19H,1-3H3,(H,35,36)/b24-17-. The summed E-state index contributed by atoms with van der Waals surface area (Å²) in [5, 5.41) is 15.8. The van der Waals surface area contributed by atoms with Gasteiger partial charge in [0.15, 0.2) is 0 Å². The predicted molar refractivity (Wildman–Crippen MR) is 146 cm³/mol. The van der Waals surface area contributed by atoms with Gasteiger partial charge >= 0.3 is 11.9 Å². The maximum Gasteiger partial charge on any atom is 0.335 e. The smallest absolute Gasteiger partial charge is 0.335 e. The van der Waals surface area contributed by atoms with Gasteiger partial charge in [-0.3, -0.25) is 4.79 Å². The number of aromatic carboxylic acids is 1. The number of nitrogens with zero attached hydrogens (tertiary/aromatic N) is 3. The van der Waals surface area contributed by atoms with E-state index < -0.39 is 12.0 Å². The van der Waals surface area contributed by atoms with E-state index in [1.54, 1.807) is 26.0 Å². The van der Waals surface area contributed by atoms with Crippen LogP contribution in [0.15, 0.2) is 89.5 Å². The summed E-state index contributed by atoms with van der Waals surface area (Å²) in [5.74, 6) is -1.76. The third-order valence-corrected chi connectivity index (χ3v) is 6.64. The van der Waals surface area contributed by atoms with E-state index in [1.165, 1.54) is 24.3 Å². The number of ether oxygens (including phenoxy) is 1. The number of methoxy groups -OCH3 is 1. The second kappa shape index (κ2) is 9.82. The first-order valence-corrected chi connectivity index (χ1v) is 12.0. The number of rotatable bonds is 6. The van der Waals surface area contributed by atoms with Gasteiger partial charge in [0.05, 0.1) is 35.3 Å². The first kappa shape index (κ1) is 24.7. The molecule has 190 valence electrons. The molecule has 1 N–H and O–H groups in total. The summed E-state index contributed by atoms with van der Waals surface area (Å²) in [6.45, 7) is 3.55. The normalized spacial score (nSPS) is 15.1. The van der Waals surface area contributed by atoms with E-state index in [1.807, 2.05) is 65.2 Å². The third-order valence-electron chi connectivity index (χ3n) is 6.64. The number of fused-ring (bicyclic) bond motifs is 1. The van der Waals surface area contributed by atoms with E-state index in [4.69, 9.17) is 4.74 Å². The van der Waals surface area contributed by atoms with Crippen LogP contribution in [0.1, 0.15) is 35.8 Å². The van der Waals surface area contributed by atoms with Crippen molar-refractivity contribution in [2.75, 3.05) is 12.1 Å². The highest BCUT2D eigenvalue weighted by atomic mass is 16.5. The van der Waals surface area contributed by atoms with E-state index in [0.717, 1.165) is 27.7 Å². The predicted octanol–water partition coefficient (Wildman–Crippen LogP) is 5.55. The molecule has 0 saturated heterocycles. The molecule has 4 aromatic rings. The minimum absolute atomic E-state index is 0.122. The summed E-state index contributed by atoms with van der Waals surface area (Å²) >= 11 is 0. The summed E-state index contributed by atoms with van der Waals surface area (Å²) < 4.78 is 7.02. The fourth-order valence-corrected chi connectivity index (χ4v) is 4.75. The maximum atomic E-state index is 13.6. The van der Waals surface area contributed by atoms with Gasteiger partial charge in [0.2, 0.25) is 0 Å². The highest BCUT2D eigenvalue weighted by molar-refractivity contribution is 6.32. The molecule has 38 heavy (non-hydrogen) atoms. The van der Waals surface area contributed by atoms with Crippen molar-refractivity contribution >= 4 is 46.2 Å². The molecule has 1 aromatic heterocycles. The first-order valence-electron chi connectivity index (χ1n) is 12.0. The van der Waals surface area contributed by atoms with Crippen LogP contribution in [0.5, 0.6) is 0 Å². The highest BCUT2D eigenvalue weighted by Gasteiger charge is 2.31. The number of carboxylic acid groups (broad SMARTS) is 1. The van der Waals surface area contributed by atoms with Crippen LogP contribution in [0, 0.1) is 0 Å². The molecule has 0 spiro atoms. The van der Waals surface area contributed by atoms with Crippen LogP contribution < -0.4 is 5.01 Å². The molecule has 1 aliphatic rings. The number of amides is 1. The number of para-hydroxylation sites is 1. The molecule has 8 nitrogen and oxygen atoms in total. The fourth-order valence-electron chi connectivity index (χ4n) is 4.75. The minimum atomic E-state index is -1.05. The van der Waals surface area contributed by atoms with Crippen molar-refractivity contribution in [1.82, 2.24) is 4.57 Å². The fraction of sp³-hybridized carbons (Fsp3) is 0.133. The van der Waals surface area contributed by atoms with E-state index in [2.05, 4.69) is 5.10 Å². The van der Waals surface area contributed by atoms with Crippen LogP contribution in [-0.4, -0.2) is 40.3 Å². The molecule has 8 heteroatoms. The Balaban J connectivity index is 1.69. The Bertz CT molecular complexity index is 1630. The molecule has 1 amide bonds. The average Bonchev–Trinajstić information content (AvgIpc) is 3.42. The van der Waals surface area contributed by atoms with Crippen LogP contribution in [0.25, 0.3) is 28.2 Å². The van der Waals surface area contributed by atoms with Crippen molar-refractivity contribution in [2.24, 2.45) is 5.10 Å². The summed E-state index contributed by atoms with van der Waals surface area (Å²) in [5.41, 5.74) is 4.78. The Hall–Kier alpha value is -4.98. The van der Waals surface area contributed by atoms with Gasteiger partial charge in [0.25, 0.3) is 5.91 Å². The third kappa shape index (κ3) is 4.16. The number of aromatic nitrogens is 1. The Labute approximate surface area is 219 Å². The Morgan fingerprint density at radius 1 is 0.974 bits per heavy atom. The van der Waals surface area contributed by atoms with Gasteiger partial charge in [0.1, 0.15) is 6.04 Å². The lowest BCUT2D eigenvalue weighted by atomic mass is 10.0. The highest BCUT2D eigenvalue weighted by Crippen LogP contribution is 2.39. The molecule has 0 saturated carbocycles. The van der Waals surface area contributed by atoms with Crippen LogP contribution in [0.2, 0.25) is 0 Å². The Morgan fingerprint density at radius 2 is 1.63 bits per heavy atom. The largest absolute Gasteiger partial charge is 0.478 e. The summed E-state index contributed by atoms with van der Waals surface area (Å²) in [7, 11) is 1.37. The first-order chi connectivity index (χ1) is 18.3. The van der Waals surface area contributed by atoms with Crippen LogP contribution >= 0.6 is 0 Å². The monoisotopic (exact) mass is 507 g/mol. The molecule has 3 aromatic carbocycles. The molecule has 5 rings (SSSR count). The second-order valence-electron chi connectivity index (χ2n) is 8.93. The molecule has 1 atom stereocenters. The molecule has 0 bridgehead atoms. The van der Waals surface area contributed by atoms with E-state index in [-0.39, 0.29) is 17.4 Å². The number of hydrazone groups is 1. The van der Waals surface area contributed by atoms with Crippen molar-refractivity contribution in [1.29, 1.82) is 0 Å². The minimum Gasteiger partial charge on any atom is -0.478 e. The van der Waals surface area contributed by atoms with Crippen molar-refractivity contribution in [3.05, 3.63) is 95.6 Å². The van der Waals surface area contributed by atoms with Crippen LogP contribution in [0.3, 0.4) is 0 Å². The average molecular weight is 508 g/mol. The number of hydrogen-bond acceptors (Lipinski definition) is 5. The number of anilines is 1. The maximum absolute atomic E-state index is 13.6. The lowest BCUT2D eigenvalue weighted by molar-refractivity contribution is -0.143. The van der Waals surface area contributed by atoms with E-state index >= 15 is 0 Å². The van der Waals surface area contributed by atoms with Crippen molar-refractivity contribution in [2.45, 2.75) is 19.9 Å². The molecule has 0 fully saturated rings. The van der Waals surface area contributed by atoms with Crippen molar-refractivity contribution in [3.8, 4) is 11.3 Å². The van der Waals surface area contributed by atoms with Crippen LogP contribution in [0.4, 0.5) is 5.69 Å². The zero-order chi connectivity index (χ0) is 27.0. The topological polar surface area (TPSA) is 101 Å². The molecule has 1 unspecified atom stereocenters. The SMILES string of the molecule is COC(=O)C(C)n1c(-c2ccccc2)c(/C=C2\C(=O)N(c3ccc(C(=O)O)cc3)N=C2C)c2ccccc21. The quantitative estimate of drug-likeness (QED) is 0.273. The zero-order valence-corrected chi connectivity index (χ0v) is 21.1. The van der Waals surface area contributed by atoms with Gasteiger partial charge < -0.3 is 14.4 Å². The van der Waals surface area contributed by atoms with Crippen LogP contribution in [-0.2, 0) is 14.3 Å². The van der Waals surface area contributed by atoms with Crippen molar-refractivity contribution in [3.63, 3.8) is 0 Å². The van der Waals surface area contributed by atoms with Gasteiger partial charge in [-0.05, 0) is 55.8 Å². The summed E-state index contributed by atoms with van der Waals surface area (Å²) in [6.07, 6.45) is 1.82. The Kier molecular flexibility index (Phi) is 6.38. The molecular formula is C30H25N3O5. The van der Waals surface area contributed by atoms with E-state index in [0.29, 0.717) is 17.0 Å². The molecular weight excluding hydrogens is 482 g/mol. The van der Waals surface area contributed by atoms with Gasteiger partial charge in [-0.2, -0.15) is 10.1 Å².